The van der Waals surface area contributed by atoms with Gasteiger partial charge in [0.05, 0.1) is 5.69 Å². The molecule has 0 aliphatic carbocycles. The Hall–Kier alpha value is -1.82. The van der Waals surface area contributed by atoms with E-state index >= 15 is 0 Å². The van der Waals surface area contributed by atoms with Gasteiger partial charge in [-0.15, -0.1) is 5.10 Å². The number of nitrogens with one attached hydrogen (secondary N) is 1. The summed E-state index contributed by atoms with van der Waals surface area (Å²) in [5, 5.41) is 11.2. The van der Waals surface area contributed by atoms with Crippen molar-refractivity contribution in [1.82, 2.24) is 20.3 Å². The van der Waals surface area contributed by atoms with Crippen LogP contribution in [0.25, 0.3) is 0 Å². The largest absolute Gasteiger partial charge is 0.314 e. The van der Waals surface area contributed by atoms with E-state index in [-0.39, 0.29) is 6.04 Å². The lowest BCUT2D eigenvalue weighted by atomic mass is 10.0. The third-order valence-corrected chi connectivity index (χ3v) is 3.08. The molecule has 0 radical (unpaired) electrons. The molecule has 1 heterocycles. The van der Waals surface area contributed by atoms with E-state index in [1.807, 2.05) is 13.1 Å². The van der Waals surface area contributed by atoms with Gasteiger partial charge in [0.15, 0.2) is 0 Å². The van der Waals surface area contributed by atoms with Crippen LogP contribution < -0.4 is 5.32 Å². The number of nitrogens with zero attached hydrogens (tertiary/aromatic N) is 3. The van der Waals surface area contributed by atoms with E-state index < -0.39 is 11.6 Å². The van der Waals surface area contributed by atoms with Crippen molar-refractivity contribution >= 4 is 0 Å². The van der Waals surface area contributed by atoms with E-state index in [0.717, 1.165) is 18.3 Å². The maximum Gasteiger partial charge on any atom is 0.129 e. The van der Waals surface area contributed by atoms with E-state index in [4.69, 9.17) is 0 Å². The van der Waals surface area contributed by atoms with Gasteiger partial charge in [0.1, 0.15) is 11.6 Å². The predicted molar refractivity (Wildman–Crippen MR) is 72.2 cm³/mol. The van der Waals surface area contributed by atoms with Gasteiger partial charge in [-0.1, -0.05) is 18.2 Å². The van der Waals surface area contributed by atoms with Crippen LogP contribution in [0.4, 0.5) is 8.78 Å². The highest BCUT2D eigenvalue weighted by Gasteiger charge is 2.14. The molecule has 1 aromatic heterocycles. The zero-order valence-electron chi connectivity index (χ0n) is 11.6. The zero-order chi connectivity index (χ0) is 14.5. The minimum atomic E-state index is -0.555. The molecule has 1 atom stereocenters. The number of halogens is 2. The van der Waals surface area contributed by atoms with Gasteiger partial charge >= 0.3 is 0 Å². The number of rotatable bonds is 6. The highest BCUT2D eigenvalue weighted by molar-refractivity contribution is 5.20. The van der Waals surface area contributed by atoms with Crippen LogP contribution in [0, 0.1) is 11.6 Å². The van der Waals surface area contributed by atoms with Crippen molar-refractivity contribution in [2.45, 2.75) is 25.8 Å². The molecule has 0 spiro atoms. The average molecular weight is 280 g/mol. The molecule has 1 aromatic carbocycles. The molecule has 1 unspecified atom stereocenters. The van der Waals surface area contributed by atoms with Crippen molar-refractivity contribution in [1.29, 1.82) is 0 Å². The van der Waals surface area contributed by atoms with Gasteiger partial charge in [0, 0.05) is 31.8 Å². The smallest absolute Gasteiger partial charge is 0.129 e. The molecule has 0 fully saturated rings. The number of hydrogen-bond donors (Lipinski definition) is 1. The van der Waals surface area contributed by atoms with Crippen molar-refractivity contribution < 1.29 is 8.78 Å². The molecule has 0 aliphatic rings. The topological polar surface area (TPSA) is 42.7 Å². The maximum absolute atomic E-state index is 13.7. The summed E-state index contributed by atoms with van der Waals surface area (Å²) < 4.78 is 28.2. The third-order valence-electron chi connectivity index (χ3n) is 3.08. The first-order valence-electron chi connectivity index (χ1n) is 6.61. The molecule has 0 saturated carbocycles. The molecule has 0 bridgehead atoms. The lowest BCUT2D eigenvalue weighted by molar-refractivity contribution is 0.498. The van der Waals surface area contributed by atoms with Crippen molar-refractivity contribution in [2.24, 2.45) is 7.05 Å². The third kappa shape index (κ3) is 3.84. The predicted octanol–water partition coefficient (Wildman–Crippen LogP) is 1.86. The number of hydrogen-bond acceptors (Lipinski definition) is 3. The fraction of sp³-hybridized carbons (Fsp3) is 0.429. The van der Waals surface area contributed by atoms with Gasteiger partial charge in [-0.25, -0.2) is 8.78 Å². The second-order valence-corrected chi connectivity index (χ2v) is 4.78. The molecule has 0 aliphatic heterocycles. The Morgan fingerprint density at radius 1 is 1.30 bits per heavy atom. The second-order valence-electron chi connectivity index (χ2n) is 4.78. The molecular formula is C14H18F2N4. The van der Waals surface area contributed by atoms with Crippen molar-refractivity contribution in [2.75, 3.05) is 6.54 Å². The first kappa shape index (κ1) is 14.6. The van der Waals surface area contributed by atoms with Crippen molar-refractivity contribution in [3.63, 3.8) is 0 Å². The van der Waals surface area contributed by atoms with E-state index in [1.165, 1.54) is 12.1 Å². The molecule has 1 N–H and O–H groups in total. The lowest BCUT2D eigenvalue weighted by Gasteiger charge is -2.17. The van der Waals surface area contributed by atoms with Crippen LogP contribution in [-0.4, -0.2) is 27.6 Å². The molecule has 20 heavy (non-hydrogen) atoms. The fourth-order valence-electron chi connectivity index (χ4n) is 2.20. The summed E-state index contributed by atoms with van der Waals surface area (Å²) >= 11 is 0. The summed E-state index contributed by atoms with van der Waals surface area (Å²) in [7, 11) is 1.80. The van der Waals surface area contributed by atoms with Gasteiger partial charge in [-0.3, -0.25) is 4.68 Å². The van der Waals surface area contributed by atoms with E-state index in [2.05, 4.69) is 15.6 Å². The first-order valence-corrected chi connectivity index (χ1v) is 6.61. The molecule has 108 valence electrons. The Balaban J connectivity index is 2.08. The van der Waals surface area contributed by atoms with E-state index in [0.29, 0.717) is 18.4 Å². The molecule has 0 saturated heterocycles. The summed E-state index contributed by atoms with van der Waals surface area (Å²) in [6.45, 7) is 2.76. The number of aryl methyl sites for hydroxylation is 1. The molecule has 4 nitrogen and oxygen atoms in total. The number of likely N-dealkylation sites (N-methyl/N-ethyl adjacent to an activating group) is 1. The van der Waals surface area contributed by atoms with Crippen LogP contribution in [0.3, 0.4) is 0 Å². The van der Waals surface area contributed by atoms with Crippen molar-refractivity contribution in [3.8, 4) is 0 Å². The molecule has 2 rings (SSSR count). The van der Waals surface area contributed by atoms with Gasteiger partial charge in [0.2, 0.25) is 0 Å². The highest BCUT2D eigenvalue weighted by atomic mass is 19.1. The minimum Gasteiger partial charge on any atom is -0.314 e. The second kappa shape index (κ2) is 6.56. The van der Waals surface area contributed by atoms with Crippen LogP contribution in [0.15, 0.2) is 24.4 Å². The summed E-state index contributed by atoms with van der Waals surface area (Å²) in [5.41, 5.74) is 1.35. The van der Waals surface area contributed by atoms with Gasteiger partial charge < -0.3 is 5.32 Å². The van der Waals surface area contributed by atoms with Crippen LogP contribution in [0.1, 0.15) is 18.2 Å². The Bertz CT molecular complexity index is 568. The number of benzene rings is 1. The summed E-state index contributed by atoms with van der Waals surface area (Å²) in [6, 6.07) is 3.73. The normalized spacial score (nSPS) is 12.6. The Kier molecular flexibility index (Phi) is 4.79. The highest BCUT2D eigenvalue weighted by Crippen LogP contribution is 2.13. The molecule has 0 amide bonds. The Morgan fingerprint density at radius 2 is 2.10 bits per heavy atom. The van der Waals surface area contributed by atoms with Gasteiger partial charge in [-0.05, 0) is 24.6 Å². The lowest BCUT2D eigenvalue weighted by Crippen LogP contribution is -2.33. The Labute approximate surface area is 116 Å². The molecule has 2 aromatic rings. The van der Waals surface area contributed by atoms with Crippen LogP contribution in [-0.2, 0) is 19.9 Å². The average Bonchev–Trinajstić information content (AvgIpc) is 2.78. The van der Waals surface area contributed by atoms with Crippen LogP contribution in [0.2, 0.25) is 0 Å². The summed E-state index contributed by atoms with van der Waals surface area (Å²) in [4.78, 5) is 0. The quantitative estimate of drug-likeness (QED) is 0.878. The van der Waals surface area contributed by atoms with Crippen LogP contribution >= 0.6 is 0 Å². The number of aromatic nitrogens is 3. The monoisotopic (exact) mass is 280 g/mol. The van der Waals surface area contributed by atoms with Gasteiger partial charge in [0.25, 0.3) is 0 Å². The molecular weight excluding hydrogens is 262 g/mol. The standard InChI is InChI=1S/C14H18F2N4/c1-3-17-12(8-13-9-20(2)19-18-13)6-10-4-5-11(15)7-14(10)16/h4-5,7,9,12,17H,3,6,8H2,1-2H3. The van der Waals surface area contributed by atoms with Crippen LogP contribution in [0.5, 0.6) is 0 Å². The van der Waals surface area contributed by atoms with E-state index in [9.17, 15) is 8.78 Å². The Morgan fingerprint density at radius 3 is 2.70 bits per heavy atom. The van der Waals surface area contributed by atoms with Crippen molar-refractivity contribution in [3.05, 3.63) is 47.3 Å². The summed E-state index contributed by atoms with van der Waals surface area (Å²) in [5.74, 6) is -1.06. The summed E-state index contributed by atoms with van der Waals surface area (Å²) in [6.07, 6.45) is 2.97. The minimum absolute atomic E-state index is 0.0386. The maximum atomic E-state index is 13.7. The van der Waals surface area contributed by atoms with E-state index in [1.54, 1.807) is 11.7 Å². The van der Waals surface area contributed by atoms with Gasteiger partial charge in [-0.2, -0.15) is 0 Å². The SMILES string of the molecule is CCNC(Cc1cn(C)nn1)Cc1ccc(F)cc1F. The zero-order valence-corrected chi connectivity index (χ0v) is 11.6. The molecule has 6 heteroatoms. The fourth-order valence-corrected chi connectivity index (χ4v) is 2.20. The first-order chi connectivity index (χ1) is 9.58.